The second-order valence-corrected chi connectivity index (χ2v) is 6.36. The van der Waals surface area contributed by atoms with Crippen molar-refractivity contribution in [3.63, 3.8) is 0 Å². The van der Waals surface area contributed by atoms with Crippen LogP contribution in [0.4, 0.5) is 0 Å². The van der Waals surface area contributed by atoms with E-state index in [0.717, 1.165) is 38.8 Å². The molecule has 6 heteroatoms. The Hall–Kier alpha value is -1.87. The summed E-state index contributed by atoms with van der Waals surface area (Å²) in [5, 5.41) is 16.7. The van der Waals surface area contributed by atoms with E-state index in [2.05, 4.69) is 16.5 Å². The summed E-state index contributed by atoms with van der Waals surface area (Å²) in [5.74, 6) is 0.700. The van der Waals surface area contributed by atoms with E-state index in [1.54, 1.807) is 4.90 Å². The summed E-state index contributed by atoms with van der Waals surface area (Å²) in [4.78, 5) is 13.9. The molecule has 1 saturated heterocycles. The fourth-order valence-corrected chi connectivity index (χ4v) is 3.63. The quantitative estimate of drug-likeness (QED) is 0.885. The van der Waals surface area contributed by atoms with Gasteiger partial charge in [-0.15, -0.1) is 0 Å². The zero-order valence-electron chi connectivity index (χ0n) is 12.8. The molecule has 0 spiro atoms. The number of aromatic nitrogens is 2. The summed E-state index contributed by atoms with van der Waals surface area (Å²) < 4.78 is 1.99. The Morgan fingerprint density at radius 1 is 1.41 bits per heavy atom. The average molecular weight is 301 g/mol. The molecule has 6 nitrogen and oxygen atoms in total. The van der Waals surface area contributed by atoms with E-state index in [1.165, 1.54) is 6.42 Å². The molecule has 1 N–H and O–H groups in total. The van der Waals surface area contributed by atoms with Crippen LogP contribution in [-0.2, 0) is 11.3 Å². The summed E-state index contributed by atoms with van der Waals surface area (Å²) >= 11 is 0. The third-order valence-electron chi connectivity index (χ3n) is 4.81. The molecule has 2 aliphatic rings. The first-order valence-corrected chi connectivity index (χ1v) is 8.16. The van der Waals surface area contributed by atoms with Crippen molar-refractivity contribution in [2.45, 2.75) is 50.7 Å². The van der Waals surface area contributed by atoms with E-state index >= 15 is 0 Å². The van der Waals surface area contributed by atoms with Crippen LogP contribution < -0.4 is 5.32 Å². The van der Waals surface area contributed by atoms with Gasteiger partial charge < -0.3 is 10.2 Å². The Morgan fingerprint density at radius 3 is 3.09 bits per heavy atom. The van der Waals surface area contributed by atoms with E-state index in [9.17, 15) is 4.79 Å². The summed E-state index contributed by atoms with van der Waals surface area (Å²) in [5.41, 5.74) is 0. The second-order valence-electron chi connectivity index (χ2n) is 6.36. The molecule has 0 unspecified atom stereocenters. The smallest absolute Gasteiger partial charge is 0.237 e. The van der Waals surface area contributed by atoms with E-state index in [0.29, 0.717) is 18.5 Å². The molecular formula is C16H23N5O. The van der Waals surface area contributed by atoms with Crippen LogP contribution in [0.15, 0.2) is 18.5 Å². The molecule has 118 valence electrons. The lowest BCUT2D eigenvalue weighted by Crippen LogP contribution is -2.42. The maximum absolute atomic E-state index is 12.2. The van der Waals surface area contributed by atoms with Crippen molar-refractivity contribution in [1.29, 1.82) is 5.26 Å². The summed E-state index contributed by atoms with van der Waals surface area (Å²) in [6.07, 6.45) is 8.95. The zero-order valence-corrected chi connectivity index (χ0v) is 12.8. The third-order valence-corrected chi connectivity index (χ3v) is 4.81. The van der Waals surface area contributed by atoms with Gasteiger partial charge in [-0.3, -0.25) is 9.48 Å². The van der Waals surface area contributed by atoms with E-state index in [4.69, 9.17) is 5.26 Å². The van der Waals surface area contributed by atoms with Crippen LogP contribution in [0.2, 0.25) is 0 Å². The van der Waals surface area contributed by atoms with Crippen molar-refractivity contribution in [3.8, 4) is 6.07 Å². The number of carbonyl (C=O) groups excluding carboxylic acids is 1. The van der Waals surface area contributed by atoms with Gasteiger partial charge >= 0.3 is 0 Å². The number of likely N-dealkylation sites (tertiary alicyclic amines) is 1. The van der Waals surface area contributed by atoms with Gasteiger partial charge in [0, 0.05) is 31.5 Å². The molecule has 3 atom stereocenters. The molecule has 2 heterocycles. The summed E-state index contributed by atoms with van der Waals surface area (Å²) in [7, 11) is 0. The van der Waals surface area contributed by atoms with E-state index in [-0.39, 0.29) is 11.9 Å². The van der Waals surface area contributed by atoms with Crippen LogP contribution in [-0.4, -0.2) is 45.8 Å². The number of rotatable bonds is 5. The number of carbonyl (C=O) groups is 1. The molecule has 1 saturated carbocycles. The molecule has 1 aliphatic heterocycles. The number of nitriles is 1. The Morgan fingerprint density at radius 2 is 2.32 bits per heavy atom. The van der Waals surface area contributed by atoms with Gasteiger partial charge in [0.15, 0.2) is 0 Å². The van der Waals surface area contributed by atoms with Gasteiger partial charge in [0.05, 0.1) is 12.6 Å². The third kappa shape index (κ3) is 3.47. The van der Waals surface area contributed by atoms with E-state index in [1.807, 2.05) is 23.1 Å². The lowest BCUT2D eigenvalue weighted by molar-refractivity contribution is -0.130. The lowest BCUT2D eigenvalue weighted by atomic mass is 10.1. The van der Waals surface area contributed by atoms with Gasteiger partial charge in [-0.1, -0.05) is 0 Å². The average Bonchev–Trinajstić information content (AvgIpc) is 3.26. The highest BCUT2D eigenvalue weighted by Crippen LogP contribution is 2.26. The fourth-order valence-electron chi connectivity index (χ4n) is 3.63. The predicted octanol–water partition coefficient (Wildman–Crippen LogP) is 1.16. The Balaban J connectivity index is 1.41. The molecule has 1 aromatic heterocycles. The van der Waals surface area contributed by atoms with Gasteiger partial charge in [-0.2, -0.15) is 10.4 Å². The molecule has 1 aromatic rings. The molecule has 0 radical (unpaired) electrons. The van der Waals surface area contributed by atoms with Gasteiger partial charge in [0.2, 0.25) is 5.91 Å². The van der Waals surface area contributed by atoms with Gasteiger partial charge in [0.25, 0.3) is 0 Å². The molecule has 1 aliphatic carbocycles. The standard InChI is InChI=1S/C16H23N5O/c17-10-15-3-1-8-21(15)16(22)11-18-14-5-4-13(9-14)12-20-7-2-6-19-20/h2,6-7,13-15,18H,1,3-5,8-9,11-12H2/t13-,14+,15+/m1/s1. The van der Waals surface area contributed by atoms with Crippen molar-refractivity contribution in [2.24, 2.45) is 5.92 Å². The van der Waals surface area contributed by atoms with Gasteiger partial charge in [-0.25, -0.2) is 0 Å². The van der Waals surface area contributed by atoms with Crippen molar-refractivity contribution >= 4 is 5.91 Å². The highest BCUT2D eigenvalue weighted by Gasteiger charge is 2.30. The molecular weight excluding hydrogens is 278 g/mol. The van der Waals surface area contributed by atoms with Crippen molar-refractivity contribution < 1.29 is 4.79 Å². The molecule has 1 amide bonds. The molecule has 22 heavy (non-hydrogen) atoms. The predicted molar refractivity (Wildman–Crippen MR) is 81.7 cm³/mol. The SMILES string of the molecule is N#C[C@@H]1CCCN1C(=O)CN[C@H]1CC[C@@H](Cn2cccn2)C1. The minimum Gasteiger partial charge on any atom is -0.326 e. The Kier molecular flexibility index (Phi) is 4.74. The van der Waals surface area contributed by atoms with Crippen LogP contribution in [0.3, 0.4) is 0 Å². The van der Waals surface area contributed by atoms with Crippen LogP contribution in [0, 0.1) is 17.2 Å². The first-order valence-electron chi connectivity index (χ1n) is 8.16. The highest BCUT2D eigenvalue weighted by atomic mass is 16.2. The van der Waals surface area contributed by atoms with Gasteiger partial charge in [0.1, 0.15) is 6.04 Å². The molecule has 0 bridgehead atoms. The van der Waals surface area contributed by atoms with Crippen molar-refractivity contribution in [1.82, 2.24) is 20.0 Å². The highest BCUT2D eigenvalue weighted by molar-refractivity contribution is 5.79. The number of hydrogen-bond donors (Lipinski definition) is 1. The summed E-state index contributed by atoms with van der Waals surface area (Å²) in [6, 6.07) is 4.36. The number of nitrogens with one attached hydrogen (secondary N) is 1. The normalized spacial score (nSPS) is 28.0. The zero-order chi connectivity index (χ0) is 15.4. The molecule has 3 rings (SSSR count). The number of nitrogens with zero attached hydrogens (tertiary/aromatic N) is 4. The number of hydrogen-bond acceptors (Lipinski definition) is 4. The second kappa shape index (κ2) is 6.93. The first kappa shape index (κ1) is 15.0. The van der Waals surface area contributed by atoms with Crippen LogP contribution in [0.1, 0.15) is 32.1 Å². The molecule has 2 fully saturated rings. The summed E-state index contributed by atoms with van der Waals surface area (Å²) in [6.45, 7) is 2.05. The minimum absolute atomic E-state index is 0.0691. The van der Waals surface area contributed by atoms with Crippen molar-refractivity contribution in [2.75, 3.05) is 13.1 Å². The largest absolute Gasteiger partial charge is 0.326 e. The lowest BCUT2D eigenvalue weighted by Gasteiger charge is -2.21. The monoisotopic (exact) mass is 301 g/mol. The maximum Gasteiger partial charge on any atom is 0.237 e. The van der Waals surface area contributed by atoms with Gasteiger partial charge in [-0.05, 0) is 44.1 Å². The Labute approximate surface area is 131 Å². The first-order chi connectivity index (χ1) is 10.8. The van der Waals surface area contributed by atoms with Crippen molar-refractivity contribution in [3.05, 3.63) is 18.5 Å². The minimum atomic E-state index is -0.217. The topological polar surface area (TPSA) is 74.0 Å². The maximum atomic E-state index is 12.2. The molecule has 0 aromatic carbocycles. The van der Waals surface area contributed by atoms with Crippen LogP contribution in [0.5, 0.6) is 0 Å². The van der Waals surface area contributed by atoms with Crippen LogP contribution >= 0.6 is 0 Å². The Bertz CT molecular complexity index is 535. The fraction of sp³-hybridized carbons (Fsp3) is 0.688. The van der Waals surface area contributed by atoms with Crippen LogP contribution in [0.25, 0.3) is 0 Å². The number of amides is 1. The van der Waals surface area contributed by atoms with E-state index < -0.39 is 0 Å².